The standard InChI is InChI=1S/C20H23F4N3O2S/c21-14-8-25-9-16(14)27-15-4-1-3-12-13(7-20(22,23)24)17(30-18(12)15)10-26-29-11-19(28)5-2-6-19/h1,3-4,10,14,16,25,27-28H,2,5-9,11H2/b26-10+/t14-,16+/m0/s1. The Balaban J connectivity index is 1.61. The molecule has 10 heteroatoms. The van der Waals surface area contributed by atoms with Crippen molar-refractivity contribution in [2.75, 3.05) is 25.0 Å². The molecular weight excluding hydrogens is 422 g/mol. The van der Waals surface area contributed by atoms with Gasteiger partial charge < -0.3 is 20.6 Å². The lowest BCUT2D eigenvalue weighted by molar-refractivity contribution is -0.126. The maximum Gasteiger partial charge on any atom is 0.393 e. The minimum absolute atomic E-state index is 0.0162. The quantitative estimate of drug-likeness (QED) is 0.343. The second kappa shape index (κ2) is 8.32. The van der Waals surface area contributed by atoms with Crippen molar-refractivity contribution in [1.82, 2.24) is 5.32 Å². The molecule has 4 rings (SSSR count). The molecule has 0 amide bonds. The zero-order valence-electron chi connectivity index (χ0n) is 16.1. The largest absolute Gasteiger partial charge is 0.393 e. The molecule has 30 heavy (non-hydrogen) atoms. The first-order chi connectivity index (χ1) is 14.2. The highest BCUT2D eigenvalue weighted by atomic mass is 32.1. The number of oxime groups is 1. The van der Waals surface area contributed by atoms with E-state index in [9.17, 15) is 22.7 Å². The number of benzene rings is 1. The Morgan fingerprint density at radius 3 is 2.77 bits per heavy atom. The summed E-state index contributed by atoms with van der Waals surface area (Å²) >= 11 is 1.16. The van der Waals surface area contributed by atoms with E-state index in [2.05, 4.69) is 15.8 Å². The van der Waals surface area contributed by atoms with Crippen molar-refractivity contribution in [2.24, 2.45) is 5.16 Å². The molecule has 1 aromatic heterocycles. The van der Waals surface area contributed by atoms with E-state index in [4.69, 9.17) is 4.84 Å². The normalized spacial score (nSPS) is 23.8. The lowest BCUT2D eigenvalue weighted by Crippen LogP contribution is -2.40. The van der Waals surface area contributed by atoms with Gasteiger partial charge in [0.1, 0.15) is 18.4 Å². The predicted octanol–water partition coefficient (Wildman–Crippen LogP) is 3.99. The van der Waals surface area contributed by atoms with Gasteiger partial charge in [0.05, 0.1) is 33.9 Å². The molecule has 3 N–H and O–H groups in total. The Bertz CT molecular complexity index is 927. The third kappa shape index (κ3) is 4.70. The maximum atomic E-state index is 14.0. The number of fused-ring (bicyclic) bond motifs is 1. The molecule has 1 aliphatic carbocycles. The first-order valence-electron chi connectivity index (χ1n) is 9.84. The van der Waals surface area contributed by atoms with Crippen LogP contribution in [0.25, 0.3) is 10.1 Å². The molecule has 1 aromatic carbocycles. The number of hydrogen-bond acceptors (Lipinski definition) is 6. The van der Waals surface area contributed by atoms with E-state index in [0.717, 1.165) is 17.8 Å². The number of thiophene rings is 1. The van der Waals surface area contributed by atoms with Crippen LogP contribution >= 0.6 is 11.3 Å². The lowest BCUT2D eigenvalue weighted by Gasteiger charge is -2.34. The smallest absolute Gasteiger partial charge is 0.393 e. The van der Waals surface area contributed by atoms with Crippen molar-refractivity contribution >= 4 is 33.3 Å². The summed E-state index contributed by atoms with van der Waals surface area (Å²) in [6.07, 6.45) is -3.10. The molecule has 0 spiro atoms. The Morgan fingerprint density at radius 2 is 2.13 bits per heavy atom. The van der Waals surface area contributed by atoms with Crippen molar-refractivity contribution in [1.29, 1.82) is 0 Å². The van der Waals surface area contributed by atoms with E-state index in [1.54, 1.807) is 18.2 Å². The number of halogens is 4. The van der Waals surface area contributed by atoms with Gasteiger partial charge in [0, 0.05) is 13.1 Å². The fourth-order valence-electron chi connectivity index (χ4n) is 3.75. The van der Waals surface area contributed by atoms with Crippen LogP contribution < -0.4 is 10.6 Å². The van der Waals surface area contributed by atoms with Gasteiger partial charge >= 0.3 is 6.18 Å². The monoisotopic (exact) mass is 445 g/mol. The minimum Gasteiger partial charge on any atom is -0.393 e. The second-order valence-corrected chi connectivity index (χ2v) is 8.98. The molecule has 1 aliphatic heterocycles. The summed E-state index contributed by atoms with van der Waals surface area (Å²) in [5, 5.41) is 20.4. The van der Waals surface area contributed by atoms with Gasteiger partial charge in [-0.25, -0.2) is 4.39 Å². The zero-order valence-corrected chi connectivity index (χ0v) is 17.0. The molecule has 5 nitrogen and oxygen atoms in total. The lowest BCUT2D eigenvalue weighted by atomic mass is 9.81. The fourth-order valence-corrected chi connectivity index (χ4v) is 4.91. The summed E-state index contributed by atoms with van der Waals surface area (Å²) in [5.41, 5.74) is -0.175. The predicted molar refractivity (Wildman–Crippen MR) is 109 cm³/mol. The topological polar surface area (TPSA) is 65.9 Å². The number of anilines is 1. The van der Waals surface area contributed by atoms with Gasteiger partial charge in [0.15, 0.2) is 0 Å². The molecule has 0 bridgehead atoms. The number of nitrogens with zero attached hydrogens (tertiary/aromatic N) is 1. The average molecular weight is 445 g/mol. The molecule has 2 fully saturated rings. The summed E-state index contributed by atoms with van der Waals surface area (Å²) in [4.78, 5) is 5.48. The molecule has 2 heterocycles. The van der Waals surface area contributed by atoms with Gasteiger partial charge in [-0.05, 0) is 36.3 Å². The van der Waals surface area contributed by atoms with Crippen molar-refractivity contribution in [2.45, 2.75) is 49.7 Å². The summed E-state index contributed by atoms with van der Waals surface area (Å²) < 4.78 is 54.3. The third-order valence-electron chi connectivity index (χ3n) is 5.57. The number of aliphatic hydroxyl groups is 1. The molecule has 2 aromatic rings. The highest BCUT2D eigenvalue weighted by molar-refractivity contribution is 7.21. The van der Waals surface area contributed by atoms with E-state index in [-0.39, 0.29) is 18.7 Å². The maximum absolute atomic E-state index is 14.0. The minimum atomic E-state index is -4.39. The Morgan fingerprint density at radius 1 is 1.33 bits per heavy atom. The van der Waals surface area contributed by atoms with Gasteiger partial charge in [0.2, 0.25) is 0 Å². The fraction of sp³-hybridized carbons (Fsp3) is 0.550. The van der Waals surface area contributed by atoms with Gasteiger partial charge in [0.25, 0.3) is 0 Å². The Labute approximate surface area is 175 Å². The summed E-state index contributed by atoms with van der Waals surface area (Å²) in [6, 6.07) is 4.60. The van der Waals surface area contributed by atoms with Crippen LogP contribution in [0.2, 0.25) is 0 Å². The van der Waals surface area contributed by atoms with Crippen LogP contribution in [0.3, 0.4) is 0 Å². The molecule has 164 valence electrons. The van der Waals surface area contributed by atoms with Crippen molar-refractivity contribution in [3.63, 3.8) is 0 Å². The van der Waals surface area contributed by atoms with Crippen molar-refractivity contribution < 1.29 is 27.5 Å². The van der Waals surface area contributed by atoms with E-state index >= 15 is 0 Å². The van der Waals surface area contributed by atoms with Crippen LogP contribution in [0.4, 0.5) is 23.2 Å². The van der Waals surface area contributed by atoms with Crippen LogP contribution in [-0.2, 0) is 11.3 Å². The van der Waals surface area contributed by atoms with Crippen molar-refractivity contribution in [3.05, 3.63) is 28.6 Å². The second-order valence-electron chi connectivity index (χ2n) is 7.93. The van der Waals surface area contributed by atoms with E-state index in [0.29, 0.717) is 40.0 Å². The van der Waals surface area contributed by atoms with Gasteiger partial charge in [-0.1, -0.05) is 17.3 Å². The molecule has 2 aliphatic rings. The molecular formula is C20H23F4N3O2S. The number of nitrogens with one attached hydrogen (secondary N) is 2. The average Bonchev–Trinajstić information content (AvgIpc) is 3.21. The SMILES string of the molecule is OC1(CO/N=C/c2sc3c(N[C@@H]4CNC[C@@H]4F)cccc3c2CC(F)(F)F)CCC1. The van der Waals surface area contributed by atoms with Crippen molar-refractivity contribution in [3.8, 4) is 0 Å². The van der Waals surface area contributed by atoms with Crippen LogP contribution in [0.15, 0.2) is 23.4 Å². The molecule has 0 unspecified atom stereocenters. The van der Waals surface area contributed by atoms with E-state index < -0.39 is 30.4 Å². The first kappa shape index (κ1) is 21.3. The van der Waals surface area contributed by atoms with Crippen LogP contribution in [0, 0.1) is 0 Å². The molecule has 0 radical (unpaired) electrons. The van der Waals surface area contributed by atoms with Gasteiger partial charge in [-0.3, -0.25) is 0 Å². The molecule has 1 saturated carbocycles. The summed E-state index contributed by atoms with van der Waals surface area (Å²) in [7, 11) is 0. The van der Waals surface area contributed by atoms with Crippen LogP contribution in [0.5, 0.6) is 0 Å². The first-order valence-corrected chi connectivity index (χ1v) is 10.7. The summed E-state index contributed by atoms with van der Waals surface area (Å²) in [5.74, 6) is 0. The van der Waals surface area contributed by atoms with Gasteiger partial charge in [-0.2, -0.15) is 13.2 Å². The van der Waals surface area contributed by atoms with Crippen LogP contribution in [-0.4, -0.2) is 55.0 Å². The summed E-state index contributed by atoms with van der Waals surface area (Å²) in [6.45, 7) is 0.713. The van der Waals surface area contributed by atoms with Gasteiger partial charge in [-0.15, -0.1) is 11.3 Å². The Hall–Kier alpha value is -1.91. The molecule has 1 saturated heterocycles. The number of hydrogen-bond donors (Lipinski definition) is 3. The van der Waals surface area contributed by atoms with Crippen LogP contribution in [0.1, 0.15) is 29.7 Å². The highest BCUT2D eigenvalue weighted by Gasteiger charge is 2.35. The van der Waals surface area contributed by atoms with E-state index in [1.165, 1.54) is 6.21 Å². The molecule has 2 atom stereocenters. The van der Waals surface area contributed by atoms with E-state index in [1.807, 2.05) is 0 Å². The number of alkyl halides is 4. The zero-order chi connectivity index (χ0) is 21.4. The highest BCUT2D eigenvalue weighted by Crippen LogP contribution is 2.39. The number of rotatable bonds is 7. The third-order valence-corrected chi connectivity index (χ3v) is 6.79. The Kier molecular flexibility index (Phi) is 5.91.